The number of alkyl halides is 3. The van der Waals surface area contributed by atoms with E-state index in [4.69, 9.17) is 0 Å². The van der Waals surface area contributed by atoms with Gasteiger partial charge in [-0.3, -0.25) is 9.59 Å². The number of halogens is 3. The Hall–Kier alpha value is -2.87. The van der Waals surface area contributed by atoms with Crippen LogP contribution in [0.4, 0.5) is 13.2 Å². The van der Waals surface area contributed by atoms with Gasteiger partial charge in [-0.05, 0) is 30.2 Å². The van der Waals surface area contributed by atoms with E-state index in [2.05, 4.69) is 10.6 Å². The van der Waals surface area contributed by atoms with Gasteiger partial charge in [-0.25, -0.2) is 0 Å². The maximum atomic E-state index is 12.6. The zero-order valence-electron chi connectivity index (χ0n) is 15.2. The van der Waals surface area contributed by atoms with E-state index in [1.165, 1.54) is 12.1 Å². The van der Waals surface area contributed by atoms with Gasteiger partial charge < -0.3 is 15.7 Å². The molecule has 0 bridgehead atoms. The van der Waals surface area contributed by atoms with Crippen molar-refractivity contribution in [2.45, 2.75) is 31.6 Å². The number of amides is 2. The van der Waals surface area contributed by atoms with E-state index in [-0.39, 0.29) is 6.54 Å². The van der Waals surface area contributed by atoms with Crippen molar-refractivity contribution in [1.82, 2.24) is 10.6 Å². The molecule has 0 aromatic heterocycles. The van der Waals surface area contributed by atoms with E-state index < -0.39 is 42.1 Å². The number of carbonyl (C=O) groups excluding carboxylic acids is 2. The molecule has 0 aliphatic heterocycles. The van der Waals surface area contributed by atoms with Gasteiger partial charge in [-0.1, -0.05) is 42.5 Å². The van der Waals surface area contributed by atoms with Crippen molar-refractivity contribution < 1.29 is 27.9 Å². The van der Waals surface area contributed by atoms with Gasteiger partial charge in [0.15, 0.2) is 0 Å². The Labute approximate surface area is 160 Å². The summed E-state index contributed by atoms with van der Waals surface area (Å²) in [5.41, 5.74) is 0.446. The molecule has 0 spiro atoms. The van der Waals surface area contributed by atoms with Gasteiger partial charge in [-0.2, -0.15) is 13.2 Å². The Kier molecular flexibility index (Phi) is 7.17. The van der Waals surface area contributed by atoms with Crippen molar-refractivity contribution in [3.8, 4) is 0 Å². The van der Waals surface area contributed by atoms with Gasteiger partial charge in [0.2, 0.25) is 11.8 Å². The summed E-state index contributed by atoms with van der Waals surface area (Å²) in [6.45, 7) is 1.04. The monoisotopic (exact) mass is 394 g/mol. The van der Waals surface area contributed by atoms with Gasteiger partial charge >= 0.3 is 6.18 Å². The van der Waals surface area contributed by atoms with Crippen molar-refractivity contribution in [3.05, 3.63) is 71.3 Å². The predicted molar refractivity (Wildman–Crippen MR) is 97.2 cm³/mol. The zero-order valence-corrected chi connectivity index (χ0v) is 15.2. The average molecular weight is 394 g/mol. The highest BCUT2D eigenvalue weighted by Crippen LogP contribution is 2.29. The maximum absolute atomic E-state index is 12.6. The molecule has 2 amide bonds. The van der Waals surface area contributed by atoms with Crippen molar-refractivity contribution in [1.29, 1.82) is 0 Å². The molecule has 0 radical (unpaired) electrons. The lowest BCUT2D eigenvalue weighted by Crippen LogP contribution is -2.49. The lowest BCUT2D eigenvalue weighted by molar-refractivity contribution is -0.137. The van der Waals surface area contributed by atoms with Crippen molar-refractivity contribution in [3.63, 3.8) is 0 Å². The summed E-state index contributed by atoms with van der Waals surface area (Å²) >= 11 is 0. The molecule has 3 N–H and O–H groups in total. The number of rotatable bonds is 7. The van der Waals surface area contributed by atoms with E-state index in [0.717, 1.165) is 17.7 Å². The van der Waals surface area contributed by atoms with Crippen LogP contribution in [0, 0.1) is 0 Å². The summed E-state index contributed by atoms with van der Waals surface area (Å²) in [4.78, 5) is 24.5. The Morgan fingerprint density at radius 3 is 2.14 bits per heavy atom. The van der Waals surface area contributed by atoms with E-state index in [1.807, 2.05) is 6.07 Å². The molecule has 2 aromatic rings. The SMILES string of the molecule is CC(C(=O)NC(CO)C(=O)NCc1ccc(C(F)(F)F)cc1)c1ccccc1. The number of hydrogen-bond acceptors (Lipinski definition) is 3. The van der Waals surface area contributed by atoms with E-state index in [0.29, 0.717) is 5.56 Å². The molecule has 8 heteroatoms. The van der Waals surface area contributed by atoms with Crippen LogP contribution in [0.3, 0.4) is 0 Å². The fraction of sp³-hybridized carbons (Fsp3) is 0.300. The second-order valence-corrected chi connectivity index (χ2v) is 6.29. The van der Waals surface area contributed by atoms with Crippen LogP contribution in [0.25, 0.3) is 0 Å². The van der Waals surface area contributed by atoms with Crippen LogP contribution >= 0.6 is 0 Å². The molecule has 2 rings (SSSR count). The minimum absolute atomic E-state index is 0.0302. The van der Waals surface area contributed by atoms with Gasteiger partial charge in [0.25, 0.3) is 0 Å². The van der Waals surface area contributed by atoms with Crippen LogP contribution in [0.1, 0.15) is 29.5 Å². The molecule has 2 unspecified atom stereocenters. The molecular weight excluding hydrogens is 373 g/mol. The predicted octanol–water partition coefficient (Wildman–Crippen LogP) is 2.60. The van der Waals surface area contributed by atoms with Gasteiger partial charge in [0.05, 0.1) is 18.1 Å². The molecular formula is C20H21F3N2O3. The highest BCUT2D eigenvalue weighted by molar-refractivity contribution is 5.90. The quantitative estimate of drug-likeness (QED) is 0.676. The first-order valence-corrected chi connectivity index (χ1v) is 8.62. The van der Waals surface area contributed by atoms with E-state index in [9.17, 15) is 27.9 Å². The number of nitrogens with one attached hydrogen (secondary N) is 2. The summed E-state index contributed by atoms with van der Waals surface area (Å²) in [7, 11) is 0. The smallest absolute Gasteiger partial charge is 0.394 e. The molecule has 0 saturated heterocycles. The highest BCUT2D eigenvalue weighted by Gasteiger charge is 2.30. The highest BCUT2D eigenvalue weighted by atomic mass is 19.4. The molecule has 0 fully saturated rings. The Balaban J connectivity index is 1.91. The second-order valence-electron chi connectivity index (χ2n) is 6.29. The first-order chi connectivity index (χ1) is 13.2. The molecule has 0 aliphatic rings. The third-order valence-corrected chi connectivity index (χ3v) is 4.26. The topological polar surface area (TPSA) is 78.4 Å². The van der Waals surface area contributed by atoms with Crippen molar-refractivity contribution in [2.75, 3.05) is 6.61 Å². The fourth-order valence-electron chi connectivity index (χ4n) is 2.51. The summed E-state index contributed by atoms with van der Waals surface area (Å²) in [5.74, 6) is -1.57. The molecule has 0 aliphatic carbocycles. The van der Waals surface area contributed by atoms with E-state index >= 15 is 0 Å². The largest absolute Gasteiger partial charge is 0.416 e. The Morgan fingerprint density at radius 2 is 1.61 bits per heavy atom. The third-order valence-electron chi connectivity index (χ3n) is 4.26. The summed E-state index contributed by atoms with van der Waals surface area (Å²) in [6, 6.07) is 12.2. The number of aliphatic hydroxyl groups excluding tert-OH is 1. The van der Waals surface area contributed by atoms with Crippen LogP contribution in [0.5, 0.6) is 0 Å². The summed E-state index contributed by atoms with van der Waals surface area (Å²) in [5, 5.41) is 14.4. The zero-order chi connectivity index (χ0) is 20.7. The number of benzene rings is 2. The number of aliphatic hydroxyl groups is 1. The lowest BCUT2D eigenvalue weighted by atomic mass is 10.00. The third kappa shape index (κ3) is 5.82. The fourth-order valence-corrected chi connectivity index (χ4v) is 2.51. The molecule has 2 atom stereocenters. The number of carbonyl (C=O) groups is 2. The average Bonchev–Trinajstić information content (AvgIpc) is 2.69. The minimum atomic E-state index is -4.43. The minimum Gasteiger partial charge on any atom is -0.394 e. The van der Waals surface area contributed by atoms with Crippen LogP contribution in [0.15, 0.2) is 54.6 Å². The van der Waals surface area contributed by atoms with Crippen LogP contribution in [0.2, 0.25) is 0 Å². The van der Waals surface area contributed by atoms with Crippen molar-refractivity contribution >= 4 is 11.8 Å². The van der Waals surface area contributed by atoms with Crippen LogP contribution in [-0.4, -0.2) is 29.6 Å². The van der Waals surface area contributed by atoms with Crippen LogP contribution < -0.4 is 10.6 Å². The van der Waals surface area contributed by atoms with Gasteiger partial charge in [0.1, 0.15) is 6.04 Å². The second kappa shape index (κ2) is 9.36. The molecule has 150 valence electrons. The van der Waals surface area contributed by atoms with Gasteiger partial charge in [0, 0.05) is 6.54 Å². The lowest BCUT2D eigenvalue weighted by Gasteiger charge is -2.19. The molecule has 28 heavy (non-hydrogen) atoms. The first kappa shape index (κ1) is 21.4. The molecule has 2 aromatic carbocycles. The first-order valence-electron chi connectivity index (χ1n) is 8.62. The Morgan fingerprint density at radius 1 is 1.00 bits per heavy atom. The summed E-state index contributed by atoms with van der Waals surface area (Å²) in [6.07, 6.45) is -4.43. The normalized spacial score (nSPS) is 13.5. The van der Waals surface area contributed by atoms with Gasteiger partial charge in [-0.15, -0.1) is 0 Å². The summed E-state index contributed by atoms with van der Waals surface area (Å²) < 4.78 is 37.7. The van der Waals surface area contributed by atoms with E-state index in [1.54, 1.807) is 31.2 Å². The van der Waals surface area contributed by atoms with Crippen LogP contribution in [-0.2, 0) is 22.3 Å². The Bertz CT molecular complexity index is 793. The van der Waals surface area contributed by atoms with Crippen molar-refractivity contribution in [2.24, 2.45) is 0 Å². The molecule has 5 nitrogen and oxygen atoms in total. The maximum Gasteiger partial charge on any atom is 0.416 e. The molecule has 0 saturated carbocycles. The standard InChI is InChI=1S/C20H21F3N2O3/c1-13(15-5-3-2-4-6-15)18(27)25-17(12-26)19(28)24-11-14-7-9-16(10-8-14)20(21,22)23/h2-10,13,17,26H,11-12H2,1H3,(H,24,28)(H,25,27). The molecule has 0 heterocycles. The number of hydrogen-bond donors (Lipinski definition) is 3.